The number of nitrogens with one attached hydrogen (secondary N) is 2. The quantitative estimate of drug-likeness (QED) is 0.457. The number of carbonyl (C=O) groups is 2. The van der Waals surface area contributed by atoms with Gasteiger partial charge >= 0.3 is 12.2 Å². The van der Waals surface area contributed by atoms with Crippen molar-refractivity contribution in [1.82, 2.24) is 15.3 Å². The molecule has 1 aromatic carbocycles. The number of nitrogens with zero attached hydrogens (tertiary/aromatic N) is 2. The number of carbonyl (C=O) groups excluding carboxylic acids is 1. The van der Waals surface area contributed by atoms with Gasteiger partial charge in [-0.1, -0.05) is 17.3 Å². The van der Waals surface area contributed by atoms with Gasteiger partial charge in [-0.15, -0.1) is 5.92 Å². The Hall–Kier alpha value is -3.52. The molecule has 0 radical (unpaired) electrons. The third-order valence-electron chi connectivity index (χ3n) is 3.32. The topological polar surface area (TPSA) is 153 Å². The first-order valence-corrected chi connectivity index (χ1v) is 9.67. The summed E-state index contributed by atoms with van der Waals surface area (Å²) in [7, 11) is 0. The average Bonchev–Trinajstić information content (AvgIpc) is 3.23. The van der Waals surface area contributed by atoms with E-state index in [2.05, 4.69) is 38.2 Å². The number of amides is 2. The molecule has 0 saturated carbocycles. The Bertz CT molecular complexity index is 1090. The van der Waals surface area contributed by atoms with Crippen molar-refractivity contribution in [3.8, 4) is 11.8 Å². The summed E-state index contributed by atoms with van der Waals surface area (Å²) in [5, 5.41) is 13.9. The van der Waals surface area contributed by atoms with E-state index in [1.165, 1.54) is 17.7 Å². The van der Waals surface area contributed by atoms with Gasteiger partial charge in [-0.05, 0) is 39.8 Å². The Morgan fingerprint density at radius 2 is 2.07 bits per heavy atom. The fraction of sp³-hybridized carbons (Fsp3) is 0.368. The summed E-state index contributed by atoms with van der Waals surface area (Å²) in [5.74, 6) is 5.89. The molecular weight excluding hydrogens is 410 g/mol. The van der Waals surface area contributed by atoms with Gasteiger partial charge in [0.1, 0.15) is 22.7 Å². The highest BCUT2D eigenvalue weighted by molar-refractivity contribution is 7.22. The summed E-state index contributed by atoms with van der Waals surface area (Å²) in [6, 6.07) is 3.53. The number of aromatic nitrogens is 2. The number of thiazole rings is 1. The highest BCUT2D eigenvalue weighted by Gasteiger charge is 2.18. The maximum absolute atomic E-state index is 11.8. The molecule has 30 heavy (non-hydrogen) atoms. The van der Waals surface area contributed by atoms with Crippen LogP contribution in [0.15, 0.2) is 22.9 Å². The van der Waals surface area contributed by atoms with E-state index >= 15 is 0 Å². The van der Waals surface area contributed by atoms with E-state index < -0.39 is 17.8 Å². The van der Waals surface area contributed by atoms with Gasteiger partial charge in [-0.3, -0.25) is 0 Å². The molecule has 0 unspecified atom stereocenters. The summed E-state index contributed by atoms with van der Waals surface area (Å²) >= 11 is 1.50. The molecule has 2 heterocycles. The van der Waals surface area contributed by atoms with Crippen LogP contribution in [-0.2, 0) is 4.74 Å². The second-order valence-corrected chi connectivity index (χ2v) is 7.97. The number of rotatable bonds is 4. The van der Waals surface area contributed by atoms with Gasteiger partial charge < -0.3 is 30.6 Å². The zero-order chi connectivity index (χ0) is 22.3. The summed E-state index contributed by atoms with van der Waals surface area (Å²) in [6.07, 6.45) is -0.400. The van der Waals surface area contributed by atoms with Crippen molar-refractivity contribution in [2.24, 2.45) is 5.73 Å². The SMILES string of the molecule is CC#C[C@H](CNC(=O)OC(C)(C)C)Nc1nc2c(ccc3ocnc32)s1.NC(=O)O. The van der Waals surface area contributed by atoms with Crippen molar-refractivity contribution < 1.29 is 23.8 Å². The number of carboxylic acid groups (broad SMARTS) is 1. The van der Waals surface area contributed by atoms with Crippen molar-refractivity contribution in [3.63, 3.8) is 0 Å². The molecule has 0 bridgehead atoms. The van der Waals surface area contributed by atoms with Gasteiger partial charge in [0.05, 0.1) is 11.2 Å². The maximum atomic E-state index is 11.8. The number of primary amides is 1. The fourth-order valence-corrected chi connectivity index (χ4v) is 3.26. The van der Waals surface area contributed by atoms with Crippen LogP contribution in [0.2, 0.25) is 0 Å². The van der Waals surface area contributed by atoms with Crippen LogP contribution in [0.3, 0.4) is 0 Å². The Balaban J connectivity index is 0.000000735. The summed E-state index contributed by atoms with van der Waals surface area (Å²) in [6.45, 7) is 7.50. The van der Waals surface area contributed by atoms with Crippen LogP contribution in [-0.4, -0.2) is 45.4 Å². The van der Waals surface area contributed by atoms with E-state index in [4.69, 9.17) is 19.1 Å². The molecule has 3 aromatic rings. The van der Waals surface area contributed by atoms with Gasteiger partial charge in [0.2, 0.25) is 0 Å². The van der Waals surface area contributed by atoms with Crippen molar-refractivity contribution in [1.29, 1.82) is 0 Å². The molecule has 2 amide bonds. The zero-order valence-corrected chi connectivity index (χ0v) is 17.8. The number of anilines is 1. The second kappa shape index (κ2) is 9.80. The fourth-order valence-electron chi connectivity index (χ4n) is 2.34. The molecule has 0 saturated heterocycles. The molecular formula is C19H23N5O5S. The minimum absolute atomic E-state index is 0.291. The highest BCUT2D eigenvalue weighted by atomic mass is 32.1. The van der Waals surface area contributed by atoms with E-state index in [9.17, 15) is 4.79 Å². The van der Waals surface area contributed by atoms with E-state index in [0.717, 1.165) is 15.7 Å². The largest absolute Gasteiger partial charge is 0.465 e. The van der Waals surface area contributed by atoms with Gasteiger partial charge in [-0.25, -0.2) is 19.6 Å². The number of oxazole rings is 1. The Kier molecular flexibility index (Phi) is 7.43. The van der Waals surface area contributed by atoms with Crippen LogP contribution in [0.5, 0.6) is 0 Å². The minimum atomic E-state index is -1.33. The third-order valence-corrected chi connectivity index (χ3v) is 4.28. The maximum Gasteiger partial charge on any atom is 0.407 e. The predicted molar refractivity (Wildman–Crippen MR) is 114 cm³/mol. The van der Waals surface area contributed by atoms with Gasteiger partial charge in [0.15, 0.2) is 17.1 Å². The lowest BCUT2D eigenvalue weighted by atomic mass is 10.2. The molecule has 10 nitrogen and oxygen atoms in total. The summed E-state index contributed by atoms with van der Waals surface area (Å²) < 4.78 is 11.6. The Morgan fingerprint density at radius 3 is 2.70 bits per heavy atom. The molecule has 0 spiro atoms. The first-order chi connectivity index (χ1) is 14.1. The number of alkyl carbamates (subject to hydrolysis) is 1. The van der Waals surface area contributed by atoms with Gasteiger partial charge in [0.25, 0.3) is 0 Å². The molecule has 0 fully saturated rings. The second-order valence-electron chi connectivity index (χ2n) is 6.94. The van der Waals surface area contributed by atoms with Crippen molar-refractivity contribution in [3.05, 3.63) is 18.5 Å². The van der Waals surface area contributed by atoms with E-state index in [0.29, 0.717) is 17.3 Å². The Labute approximate surface area is 176 Å². The number of nitrogens with two attached hydrogens (primary N) is 1. The normalized spacial score (nSPS) is 11.6. The van der Waals surface area contributed by atoms with E-state index in [1.54, 1.807) is 6.92 Å². The van der Waals surface area contributed by atoms with E-state index in [1.807, 2.05) is 32.9 Å². The monoisotopic (exact) mass is 433 g/mol. The van der Waals surface area contributed by atoms with Crippen LogP contribution in [0, 0.1) is 11.8 Å². The molecule has 0 aliphatic carbocycles. The first-order valence-electron chi connectivity index (χ1n) is 8.86. The lowest BCUT2D eigenvalue weighted by molar-refractivity contribution is 0.0527. The summed E-state index contributed by atoms with van der Waals surface area (Å²) in [5.41, 5.74) is 5.70. The number of hydrogen-bond acceptors (Lipinski definition) is 8. The Morgan fingerprint density at radius 1 is 1.37 bits per heavy atom. The van der Waals surface area contributed by atoms with Gasteiger partial charge in [-0.2, -0.15) is 0 Å². The van der Waals surface area contributed by atoms with Crippen molar-refractivity contribution >= 4 is 50.0 Å². The smallest absolute Gasteiger partial charge is 0.407 e. The van der Waals surface area contributed by atoms with Crippen molar-refractivity contribution in [2.45, 2.75) is 39.3 Å². The average molecular weight is 433 g/mol. The number of hydrogen-bond donors (Lipinski definition) is 4. The molecule has 5 N–H and O–H groups in total. The third kappa shape index (κ3) is 6.82. The minimum Gasteiger partial charge on any atom is -0.465 e. The highest BCUT2D eigenvalue weighted by Crippen LogP contribution is 2.31. The molecule has 11 heteroatoms. The lowest BCUT2D eigenvalue weighted by Crippen LogP contribution is -2.39. The lowest BCUT2D eigenvalue weighted by Gasteiger charge is -2.20. The molecule has 1 atom stereocenters. The molecule has 0 aliphatic rings. The van der Waals surface area contributed by atoms with E-state index in [-0.39, 0.29) is 6.04 Å². The molecule has 2 aromatic heterocycles. The standard InChI is InChI=1S/C18H20N4O3S.CH3NO2/c1-5-6-11(9-19-17(23)25-18(2,3)4)21-16-22-15-13(26-16)8-7-12-14(15)20-10-24-12;2-1(3)4/h7-8,10-11H,9H2,1-4H3,(H,19,23)(H,21,22);2H2,(H,3,4)/t11-;/m1./s1. The molecule has 160 valence electrons. The van der Waals surface area contributed by atoms with Crippen molar-refractivity contribution in [2.75, 3.05) is 11.9 Å². The van der Waals surface area contributed by atoms with Crippen LogP contribution in [0.4, 0.5) is 14.7 Å². The van der Waals surface area contributed by atoms with Crippen LogP contribution in [0.1, 0.15) is 27.7 Å². The number of benzene rings is 1. The van der Waals surface area contributed by atoms with Gasteiger partial charge in [0, 0.05) is 0 Å². The predicted octanol–water partition coefficient (Wildman–Crippen LogP) is 3.39. The molecule has 0 aliphatic heterocycles. The van der Waals surface area contributed by atoms with Crippen LogP contribution < -0.4 is 16.4 Å². The molecule has 3 rings (SSSR count). The number of ether oxygens (including phenoxy) is 1. The van der Waals surface area contributed by atoms with Crippen LogP contribution >= 0.6 is 11.3 Å². The summed E-state index contributed by atoms with van der Waals surface area (Å²) in [4.78, 5) is 29.4. The number of fused-ring (bicyclic) bond motifs is 3. The first kappa shape index (κ1) is 22.8. The zero-order valence-electron chi connectivity index (χ0n) is 17.0. The van der Waals surface area contributed by atoms with Crippen LogP contribution in [0.25, 0.3) is 21.3 Å².